The molecular formula is C10H22OSi. The first-order valence-corrected chi connectivity index (χ1v) is 8.05. The Morgan fingerprint density at radius 2 is 1.92 bits per heavy atom. The zero-order valence-corrected chi connectivity index (χ0v) is 9.80. The minimum atomic E-state index is -1.20. The molecule has 0 amide bonds. The highest BCUT2D eigenvalue weighted by Gasteiger charge is 2.14. The Morgan fingerprint density at radius 1 is 1.33 bits per heavy atom. The molecule has 72 valence electrons. The maximum Gasteiger partial charge on any atom is 0.0735 e. The molecule has 0 saturated carbocycles. The molecule has 0 unspecified atom stereocenters. The lowest BCUT2D eigenvalue weighted by molar-refractivity contribution is 0.317. The summed E-state index contributed by atoms with van der Waals surface area (Å²) in [5, 5.41) is 8.81. The lowest BCUT2D eigenvalue weighted by atomic mass is 10.1. The maximum absolute atomic E-state index is 8.81. The third-order valence-corrected chi connectivity index (χ3v) is 4.58. The van der Waals surface area contributed by atoms with Crippen molar-refractivity contribution < 1.29 is 5.11 Å². The second kappa shape index (κ2) is 5.54. The zero-order chi connectivity index (χ0) is 9.61. The van der Waals surface area contributed by atoms with Crippen molar-refractivity contribution in [2.24, 2.45) is 5.92 Å². The molecule has 0 bridgehead atoms. The van der Waals surface area contributed by atoms with Gasteiger partial charge in [-0.1, -0.05) is 38.7 Å². The van der Waals surface area contributed by atoms with Crippen molar-refractivity contribution in [2.75, 3.05) is 6.61 Å². The van der Waals surface area contributed by atoms with Crippen LogP contribution in [0.25, 0.3) is 0 Å². The van der Waals surface area contributed by atoms with Gasteiger partial charge in [0.2, 0.25) is 0 Å². The van der Waals surface area contributed by atoms with Crippen LogP contribution in [0.1, 0.15) is 20.3 Å². The average Bonchev–Trinajstić information content (AvgIpc) is 1.85. The molecule has 0 aromatic heterocycles. The standard InChI is InChI=1S/C10H22OSi/c1-10(2)6-5-8-12(3,4)9-7-11/h5,8,10-11H,6-7,9H2,1-4H3/b8-5-. The third-order valence-electron chi connectivity index (χ3n) is 1.93. The van der Waals surface area contributed by atoms with Gasteiger partial charge in [-0.25, -0.2) is 0 Å². The first kappa shape index (κ1) is 11.9. The van der Waals surface area contributed by atoms with E-state index in [1.54, 1.807) is 0 Å². The minimum absolute atomic E-state index is 0.339. The van der Waals surface area contributed by atoms with Gasteiger partial charge in [0.1, 0.15) is 0 Å². The number of aliphatic hydroxyl groups is 1. The number of allylic oxidation sites excluding steroid dienone is 1. The van der Waals surface area contributed by atoms with Gasteiger partial charge in [-0.3, -0.25) is 0 Å². The molecule has 0 aliphatic carbocycles. The Bertz CT molecular complexity index is 139. The van der Waals surface area contributed by atoms with E-state index in [0.717, 1.165) is 12.0 Å². The maximum atomic E-state index is 8.81. The molecule has 1 N–H and O–H groups in total. The van der Waals surface area contributed by atoms with E-state index < -0.39 is 8.07 Å². The molecule has 0 fully saturated rings. The summed E-state index contributed by atoms with van der Waals surface area (Å²) < 4.78 is 0. The van der Waals surface area contributed by atoms with Gasteiger partial charge in [-0.05, 0) is 18.4 Å². The highest BCUT2D eigenvalue weighted by molar-refractivity contribution is 6.82. The molecule has 0 aliphatic rings. The van der Waals surface area contributed by atoms with Crippen LogP contribution in [0.15, 0.2) is 11.8 Å². The van der Waals surface area contributed by atoms with E-state index in [0.29, 0.717) is 6.61 Å². The monoisotopic (exact) mass is 186 g/mol. The summed E-state index contributed by atoms with van der Waals surface area (Å²) in [6, 6.07) is 0.988. The molecular weight excluding hydrogens is 164 g/mol. The van der Waals surface area contributed by atoms with Crippen LogP contribution in [0.3, 0.4) is 0 Å². The minimum Gasteiger partial charge on any atom is -0.397 e. The first-order valence-electron chi connectivity index (χ1n) is 4.76. The Hall–Kier alpha value is -0.0831. The van der Waals surface area contributed by atoms with E-state index in [2.05, 4.69) is 38.7 Å². The molecule has 0 aliphatic heterocycles. The number of hydrogen-bond donors (Lipinski definition) is 1. The summed E-state index contributed by atoms with van der Waals surface area (Å²) in [7, 11) is -1.20. The molecule has 0 atom stereocenters. The highest BCUT2D eigenvalue weighted by Crippen LogP contribution is 2.11. The lowest BCUT2D eigenvalue weighted by Gasteiger charge is -2.15. The van der Waals surface area contributed by atoms with Crippen molar-refractivity contribution in [3.8, 4) is 0 Å². The van der Waals surface area contributed by atoms with Crippen LogP contribution in [0.2, 0.25) is 19.1 Å². The molecule has 0 heterocycles. The van der Waals surface area contributed by atoms with E-state index >= 15 is 0 Å². The molecule has 12 heavy (non-hydrogen) atoms. The van der Waals surface area contributed by atoms with Crippen LogP contribution in [0, 0.1) is 5.92 Å². The predicted octanol–water partition coefficient (Wildman–Crippen LogP) is 2.83. The fourth-order valence-corrected chi connectivity index (χ4v) is 2.55. The third kappa shape index (κ3) is 6.62. The molecule has 0 spiro atoms. The second-order valence-corrected chi connectivity index (χ2v) is 9.30. The number of aliphatic hydroxyl groups excluding tert-OH is 1. The molecule has 0 radical (unpaired) electrons. The summed E-state index contributed by atoms with van der Waals surface area (Å²) in [4.78, 5) is 0. The van der Waals surface area contributed by atoms with Gasteiger partial charge >= 0.3 is 0 Å². The molecule has 0 aromatic carbocycles. The molecule has 0 rings (SSSR count). The van der Waals surface area contributed by atoms with Gasteiger partial charge in [0.15, 0.2) is 0 Å². The van der Waals surface area contributed by atoms with Crippen molar-refractivity contribution in [2.45, 2.75) is 39.4 Å². The van der Waals surface area contributed by atoms with Crippen LogP contribution in [-0.2, 0) is 0 Å². The van der Waals surface area contributed by atoms with Crippen LogP contribution >= 0.6 is 0 Å². The van der Waals surface area contributed by atoms with Crippen LogP contribution in [0.5, 0.6) is 0 Å². The van der Waals surface area contributed by atoms with Crippen molar-refractivity contribution in [3.63, 3.8) is 0 Å². The van der Waals surface area contributed by atoms with E-state index in [1.807, 2.05) is 0 Å². The SMILES string of the molecule is CC(C)C/C=C\[Si](C)(C)CCO. The van der Waals surface area contributed by atoms with Crippen molar-refractivity contribution in [1.82, 2.24) is 0 Å². The molecule has 0 saturated heterocycles. The zero-order valence-electron chi connectivity index (χ0n) is 8.80. The Labute approximate surface area is 77.5 Å². The van der Waals surface area contributed by atoms with Crippen LogP contribution in [0.4, 0.5) is 0 Å². The Morgan fingerprint density at radius 3 is 2.33 bits per heavy atom. The topological polar surface area (TPSA) is 20.2 Å². The van der Waals surface area contributed by atoms with E-state index in [-0.39, 0.29) is 0 Å². The van der Waals surface area contributed by atoms with Crippen LogP contribution < -0.4 is 0 Å². The predicted molar refractivity (Wildman–Crippen MR) is 58.0 cm³/mol. The summed E-state index contributed by atoms with van der Waals surface area (Å²) in [5.74, 6) is 0.750. The molecule has 1 nitrogen and oxygen atoms in total. The van der Waals surface area contributed by atoms with Crippen molar-refractivity contribution in [3.05, 3.63) is 11.8 Å². The fourth-order valence-electron chi connectivity index (χ4n) is 1.03. The van der Waals surface area contributed by atoms with Crippen LogP contribution in [-0.4, -0.2) is 19.8 Å². The largest absolute Gasteiger partial charge is 0.397 e. The van der Waals surface area contributed by atoms with Gasteiger partial charge in [0.25, 0.3) is 0 Å². The first-order chi connectivity index (χ1) is 5.48. The fraction of sp³-hybridized carbons (Fsp3) is 0.800. The lowest BCUT2D eigenvalue weighted by Crippen LogP contribution is -2.23. The quantitative estimate of drug-likeness (QED) is 0.655. The summed E-state index contributed by atoms with van der Waals surface area (Å²) in [5.41, 5.74) is 2.35. The van der Waals surface area contributed by atoms with Gasteiger partial charge in [0.05, 0.1) is 8.07 Å². The summed E-state index contributed by atoms with van der Waals surface area (Å²) in [6.45, 7) is 9.38. The normalized spacial score (nSPS) is 13.2. The van der Waals surface area contributed by atoms with E-state index in [9.17, 15) is 0 Å². The highest BCUT2D eigenvalue weighted by atomic mass is 28.3. The van der Waals surface area contributed by atoms with Gasteiger partial charge < -0.3 is 5.11 Å². The van der Waals surface area contributed by atoms with E-state index in [1.165, 1.54) is 6.42 Å². The second-order valence-electron chi connectivity index (χ2n) is 4.49. The van der Waals surface area contributed by atoms with Gasteiger partial charge in [-0.2, -0.15) is 0 Å². The van der Waals surface area contributed by atoms with Gasteiger partial charge in [0, 0.05) is 6.61 Å². The van der Waals surface area contributed by atoms with Gasteiger partial charge in [-0.15, -0.1) is 0 Å². The summed E-state index contributed by atoms with van der Waals surface area (Å²) in [6.07, 6.45) is 3.45. The average molecular weight is 186 g/mol. The van der Waals surface area contributed by atoms with E-state index in [4.69, 9.17) is 5.11 Å². The molecule has 2 heteroatoms. The smallest absolute Gasteiger partial charge is 0.0735 e. The van der Waals surface area contributed by atoms with Crippen molar-refractivity contribution in [1.29, 1.82) is 0 Å². The number of rotatable bonds is 5. The Kier molecular flexibility index (Phi) is 5.50. The number of hydrogen-bond acceptors (Lipinski definition) is 1. The summed E-state index contributed by atoms with van der Waals surface area (Å²) >= 11 is 0. The Balaban J connectivity index is 3.79. The molecule has 0 aromatic rings. The van der Waals surface area contributed by atoms with Crippen molar-refractivity contribution >= 4 is 8.07 Å².